The van der Waals surface area contributed by atoms with Crippen molar-refractivity contribution >= 4 is 17.2 Å². The molecular weight excluding hydrogens is 246 g/mol. The number of thiophene rings is 1. The van der Waals surface area contributed by atoms with Gasteiger partial charge >= 0.3 is 0 Å². The van der Waals surface area contributed by atoms with Crippen molar-refractivity contribution in [2.75, 3.05) is 6.54 Å². The highest BCUT2D eigenvalue weighted by Gasteiger charge is 2.18. The molecule has 1 aromatic rings. The minimum Gasteiger partial charge on any atom is -0.393 e. The first-order valence-corrected chi connectivity index (χ1v) is 7.47. The van der Waals surface area contributed by atoms with E-state index in [0.717, 1.165) is 17.7 Å². The fourth-order valence-corrected chi connectivity index (χ4v) is 3.36. The van der Waals surface area contributed by atoms with E-state index in [1.807, 2.05) is 19.9 Å². The first-order chi connectivity index (χ1) is 8.58. The molecule has 1 atom stereocenters. The first-order valence-electron chi connectivity index (χ1n) is 6.65. The third-order valence-corrected chi connectivity index (χ3v) is 4.70. The van der Waals surface area contributed by atoms with E-state index in [0.29, 0.717) is 13.0 Å². The van der Waals surface area contributed by atoms with E-state index in [4.69, 9.17) is 0 Å². The van der Waals surface area contributed by atoms with E-state index in [1.165, 1.54) is 16.9 Å². The van der Waals surface area contributed by atoms with Gasteiger partial charge in [0, 0.05) is 11.4 Å². The quantitative estimate of drug-likeness (QED) is 0.860. The van der Waals surface area contributed by atoms with Gasteiger partial charge in [-0.25, -0.2) is 0 Å². The maximum atomic E-state index is 11.9. The zero-order valence-electron chi connectivity index (χ0n) is 11.0. The molecule has 100 valence electrons. The fraction of sp³-hybridized carbons (Fsp3) is 0.643. The van der Waals surface area contributed by atoms with E-state index >= 15 is 0 Å². The Morgan fingerprint density at radius 3 is 2.94 bits per heavy atom. The summed E-state index contributed by atoms with van der Waals surface area (Å²) < 4.78 is 0. The summed E-state index contributed by atoms with van der Waals surface area (Å²) in [5, 5.41) is 12.5. The summed E-state index contributed by atoms with van der Waals surface area (Å²) in [6.45, 7) is 4.51. The summed E-state index contributed by atoms with van der Waals surface area (Å²) in [5.41, 5.74) is 1.35. The molecule has 18 heavy (non-hydrogen) atoms. The standard InChI is InChI=1S/C14H21NO2S/c1-9(2)11(16)6-7-15-14(17)13-8-10-4-3-5-12(10)18-13/h8-9,11,16H,3-7H2,1-2H3,(H,15,17). The second-order valence-electron chi connectivity index (χ2n) is 5.27. The van der Waals surface area contributed by atoms with Crippen molar-refractivity contribution in [3.63, 3.8) is 0 Å². The number of hydrogen-bond acceptors (Lipinski definition) is 3. The summed E-state index contributed by atoms with van der Waals surface area (Å²) >= 11 is 1.62. The molecule has 1 aliphatic rings. The number of fused-ring (bicyclic) bond motifs is 1. The van der Waals surface area contributed by atoms with Crippen molar-refractivity contribution in [1.82, 2.24) is 5.32 Å². The third kappa shape index (κ3) is 3.12. The monoisotopic (exact) mass is 267 g/mol. The Labute approximate surface area is 112 Å². The number of rotatable bonds is 5. The third-order valence-electron chi connectivity index (χ3n) is 3.47. The molecule has 1 amide bonds. The summed E-state index contributed by atoms with van der Waals surface area (Å²) in [7, 11) is 0. The molecule has 0 saturated heterocycles. The minimum absolute atomic E-state index is 0.00496. The van der Waals surface area contributed by atoms with Gasteiger partial charge in [0.05, 0.1) is 11.0 Å². The number of aliphatic hydroxyl groups excluding tert-OH is 1. The van der Waals surface area contributed by atoms with Gasteiger partial charge in [0.25, 0.3) is 5.91 Å². The van der Waals surface area contributed by atoms with Crippen LogP contribution >= 0.6 is 11.3 Å². The maximum absolute atomic E-state index is 11.9. The number of aryl methyl sites for hydroxylation is 2. The van der Waals surface area contributed by atoms with Crippen molar-refractivity contribution in [3.05, 3.63) is 21.4 Å². The molecular formula is C14H21NO2S. The number of carbonyl (C=O) groups is 1. The minimum atomic E-state index is -0.335. The lowest BCUT2D eigenvalue weighted by atomic mass is 10.0. The van der Waals surface area contributed by atoms with E-state index in [1.54, 1.807) is 11.3 Å². The summed E-state index contributed by atoms with van der Waals surface area (Å²) in [5.74, 6) is 0.248. The number of aliphatic hydroxyl groups is 1. The van der Waals surface area contributed by atoms with E-state index < -0.39 is 0 Å². The highest BCUT2D eigenvalue weighted by molar-refractivity contribution is 7.14. The summed E-state index contributed by atoms with van der Waals surface area (Å²) in [6, 6.07) is 2.03. The van der Waals surface area contributed by atoms with Crippen molar-refractivity contribution in [3.8, 4) is 0 Å². The second kappa shape index (κ2) is 5.85. The van der Waals surface area contributed by atoms with Crippen LogP contribution < -0.4 is 5.32 Å². The van der Waals surface area contributed by atoms with Crippen molar-refractivity contribution < 1.29 is 9.90 Å². The molecule has 0 aliphatic heterocycles. The first kappa shape index (κ1) is 13.6. The predicted molar refractivity (Wildman–Crippen MR) is 74.1 cm³/mol. The molecule has 0 bridgehead atoms. The van der Waals surface area contributed by atoms with Gasteiger partial charge in [-0.15, -0.1) is 11.3 Å². The Morgan fingerprint density at radius 2 is 2.28 bits per heavy atom. The average Bonchev–Trinajstić information content (AvgIpc) is 2.88. The van der Waals surface area contributed by atoms with Crippen LogP contribution in [0.4, 0.5) is 0 Å². The predicted octanol–water partition coefficient (Wildman–Crippen LogP) is 2.37. The lowest BCUT2D eigenvalue weighted by molar-refractivity contribution is 0.0924. The highest BCUT2D eigenvalue weighted by Crippen LogP contribution is 2.30. The maximum Gasteiger partial charge on any atom is 0.261 e. The van der Waals surface area contributed by atoms with Crippen LogP contribution in [0.3, 0.4) is 0 Å². The SMILES string of the molecule is CC(C)C(O)CCNC(=O)c1cc2c(s1)CCC2. The normalized spacial score (nSPS) is 15.8. The average molecular weight is 267 g/mol. The molecule has 0 saturated carbocycles. The zero-order valence-corrected chi connectivity index (χ0v) is 11.8. The molecule has 1 unspecified atom stereocenters. The molecule has 3 nitrogen and oxygen atoms in total. The Kier molecular flexibility index (Phi) is 4.40. The van der Waals surface area contributed by atoms with Crippen molar-refractivity contribution in [1.29, 1.82) is 0 Å². The van der Waals surface area contributed by atoms with Gasteiger partial charge in [-0.3, -0.25) is 4.79 Å². The largest absolute Gasteiger partial charge is 0.393 e. The zero-order chi connectivity index (χ0) is 13.1. The lowest BCUT2D eigenvalue weighted by Crippen LogP contribution is -2.28. The van der Waals surface area contributed by atoms with Crippen LogP contribution in [0, 0.1) is 5.92 Å². The van der Waals surface area contributed by atoms with E-state index in [2.05, 4.69) is 5.32 Å². The van der Waals surface area contributed by atoms with Crippen LogP contribution in [0.1, 0.15) is 46.8 Å². The van der Waals surface area contributed by atoms with E-state index in [-0.39, 0.29) is 17.9 Å². The van der Waals surface area contributed by atoms with Gasteiger partial charge in [0.2, 0.25) is 0 Å². The van der Waals surface area contributed by atoms with Crippen LogP contribution in [0.2, 0.25) is 0 Å². The Bertz CT molecular complexity index is 404. The topological polar surface area (TPSA) is 49.3 Å². The lowest BCUT2D eigenvalue weighted by Gasteiger charge is -2.14. The Hall–Kier alpha value is -0.870. The molecule has 1 aliphatic carbocycles. The number of nitrogens with one attached hydrogen (secondary N) is 1. The van der Waals surface area contributed by atoms with Crippen LogP contribution in [-0.2, 0) is 12.8 Å². The molecule has 0 aromatic carbocycles. The molecule has 2 rings (SSSR count). The molecule has 0 radical (unpaired) electrons. The van der Waals surface area contributed by atoms with Crippen molar-refractivity contribution in [2.45, 2.75) is 45.6 Å². The van der Waals surface area contributed by atoms with Gasteiger partial charge in [-0.2, -0.15) is 0 Å². The molecule has 2 N–H and O–H groups in total. The van der Waals surface area contributed by atoms with Crippen LogP contribution in [0.5, 0.6) is 0 Å². The van der Waals surface area contributed by atoms with Gasteiger partial charge in [0.15, 0.2) is 0 Å². The molecule has 1 aromatic heterocycles. The summed E-state index contributed by atoms with van der Waals surface area (Å²) in [4.78, 5) is 14.1. The van der Waals surface area contributed by atoms with Gasteiger partial charge in [-0.1, -0.05) is 13.8 Å². The van der Waals surface area contributed by atoms with Gasteiger partial charge in [0.1, 0.15) is 0 Å². The smallest absolute Gasteiger partial charge is 0.261 e. The van der Waals surface area contributed by atoms with Crippen LogP contribution in [0.25, 0.3) is 0 Å². The molecule has 1 heterocycles. The summed E-state index contributed by atoms with van der Waals surface area (Å²) in [6.07, 6.45) is 3.75. The molecule has 4 heteroatoms. The fourth-order valence-electron chi connectivity index (χ4n) is 2.19. The van der Waals surface area contributed by atoms with Crippen molar-refractivity contribution in [2.24, 2.45) is 5.92 Å². The number of hydrogen-bond donors (Lipinski definition) is 2. The van der Waals surface area contributed by atoms with Gasteiger partial charge < -0.3 is 10.4 Å². The Morgan fingerprint density at radius 1 is 1.50 bits per heavy atom. The molecule has 0 fully saturated rings. The van der Waals surface area contributed by atoms with Crippen LogP contribution in [0.15, 0.2) is 6.07 Å². The van der Waals surface area contributed by atoms with Crippen LogP contribution in [-0.4, -0.2) is 23.7 Å². The molecule has 0 spiro atoms. The van der Waals surface area contributed by atoms with Gasteiger partial charge in [-0.05, 0) is 43.2 Å². The highest BCUT2D eigenvalue weighted by atomic mass is 32.1. The number of carbonyl (C=O) groups excluding carboxylic acids is 1. The second-order valence-corrected chi connectivity index (χ2v) is 6.41. The van der Waals surface area contributed by atoms with E-state index in [9.17, 15) is 9.90 Å². The Balaban J connectivity index is 1.81. The number of amides is 1.